The molecule has 0 radical (unpaired) electrons. The number of aliphatic hydroxyl groups excluding tert-OH is 1. The summed E-state index contributed by atoms with van der Waals surface area (Å²) in [6.45, 7) is 0.855. The molecule has 0 aliphatic carbocycles. The molecule has 2 aromatic rings. The minimum absolute atomic E-state index is 0.280. The highest BCUT2D eigenvalue weighted by Gasteiger charge is 2.35. The number of β-amino-alcohol motifs (C(OH)–C–C–N with tert-alkyl or cyclic N) is 1. The van der Waals surface area contributed by atoms with Crippen LogP contribution in [-0.4, -0.2) is 49.6 Å². The lowest BCUT2D eigenvalue weighted by Crippen LogP contribution is -2.35. The molecule has 0 spiro atoms. The van der Waals surface area contributed by atoms with E-state index in [2.05, 4.69) is 5.10 Å². The SMILES string of the molecule is O=C(O)C1CC(O)CN1Cc1cnn(-c2ccccc2)c1. The number of hydrogen-bond donors (Lipinski definition) is 2. The summed E-state index contributed by atoms with van der Waals surface area (Å²) in [6, 6.07) is 9.10. The number of nitrogens with zero attached hydrogens (tertiary/aromatic N) is 3. The van der Waals surface area contributed by atoms with Gasteiger partial charge in [-0.2, -0.15) is 5.10 Å². The summed E-state index contributed by atoms with van der Waals surface area (Å²) in [5.41, 5.74) is 1.89. The molecule has 2 atom stereocenters. The third-order valence-corrected chi connectivity index (χ3v) is 3.71. The lowest BCUT2D eigenvalue weighted by molar-refractivity contribution is -0.142. The summed E-state index contributed by atoms with van der Waals surface area (Å²) in [6.07, 6.45) is 3.33. The lowest BCUT2D eigenvalue weighted by Gasteiger charge is -2.19. The van der Waals surface area contributed by atoms with E-state index in [9.17, 15) is 15.0 Å². The van der Waals surface area contributed by atoms with Crippen molar-refractivity contribution in [1.29, 1.82) is 0 Å². The van der Waals surface area contributed by atoms with E-state index in [4.69, 9.17) is 0 Å². The second-order valence-electron chi connectivity index (χ2n) is 5.30. The molecule has 0 saturated carbocycles. The fraction of sp³-hybridized carbons (Fsp3) is 0.333. The van der Waals surface area contributed by atoms with Gasteiger partial charge in [-0.25, -0.2) is 4.68 Å². The number of aliphatic carboxylic acids is 1. The van der Waals surface area contributed by atoms with Crippen LogP contribution >= 0.6 is 0 Å². The van der Waals surface area contributed by atoms with Gasteiger partial charge in [0, 0.05) is 31.3 Å². The van der Waals surface area contributed by atoms with E-state index >= 15 is 0 Å². The number of carboxylic acid groups (broad SMARTS) is 1. The summed E-state index contributed by atoms with van der Waals surface area (Å²) in [7, 11) is 0. The highest BCUT2D eigenvalue weighted by molar-refractivity contribution is 5.74. The molecular weight excluding hydrogens is 270 g/mol. The van der Waals surface area contributed by atoms with Gasteiger partial charge in [-0.05, 0) is 12.1 Å². The first kappa shape index (κ1) is 13.8. The van der Waals surface area contributed by atoms with E-state index in [0.717, 1.165) is 11.3 Å². The number of para-hydroxylation sites is 1. The van der Waals surface area contributed by atoms with Crippen molar-refractivity contribution in [2.45, 2.75) is 25.1 Å². The molecule has 1 aliphatic heterocycles. The molecule has 1 fully saturated rings. The van der Waals surface area contributed by atoms with Crippen molar-refractivity contribution in [3.05, 3.63) is 48.3 Å². The summed E-state index contributed by atoms with van der Waals surface area (Å²) >= 11 is 0. The number of carbonyl (C=O) groups is 1. The van der Waals surface area contributed by atoms with Crippen LogP contribution in [0.5, 0.6) is 0 Å². The van der Waals surface area contributed by atoms with E-state index in [1.807, 2.05) is 36.5 Å². The molecule has 21 heavy (non-hydrogen) atoms. The number of hydrogen-bond acceptors (Lipinski definition) is 4. The zero-order valence-electron chi connectivity index (χ0n) is 11.5. The Bertz CT molecular complexity index is 626. The van der Waals surface area contributed by atoms with Crippen molar-refractivity contribution in [1.82, 2.24) is 14.7 Å². The molecule has 0 bridgehead atoms. The molecule has 2 heterocycles. The lowest BCUT2D eigenvalue weighted by atomic mass is 10.2. The second kappa shape index (κ2) is 5.67. The summed E-state index contributed by atoms with van der Waals surface area (Å²) in [5.74, 6) is -0.887. The first-order valence-corrected chi connectivity index (χ1v) is 6.87. The van der Waals surface area contributed by atoms with Crippen molar-refractivity contribution in [2.24, 2.45) is 0 Å². The fourth-order valence-corrected chi connectivity index (χ4v) is 2.71. The van der Waals surface area contributed by atoms with Gasteiger partial charge in [0.25, 0.3) is 0 Å². The highest BCUT2D eigenvalue weighted by atomic mass is 16.4. The van der Waals surface area contributed by atoms with Crippen molar-refractivity contribution in [3.8, 4) is 5.69 Å². The highest BCUT2D eigenvalue weighted by Crippen LogP contribution is 2.21. The summed E-state index contributed by atoms with van der Waals surface area (Å²) in [4.78, 5) is 13.0. The zero-order chi connectivity index (χ0) is 14.8. The molecule has 2 unspecified atom stereocenters. The van der Waals surface area contributed by atoms with Gasteiger partial charge in [-0.1, -0.05) is 18.2 Å². The Morgan fingerprint density at radius 3 is 2.81 bits per heavy atom. The van der Waals surface area contributed by atoms with Gasteiger partial charge >= 0.3 is 5.97 Å². The van der Waals surface area contributed by atoms with E-state index < -0.39 is 18.1 Å². The monoisotopic (exact) mass is 287 g/mol. The average Bonchev–Trinajstić information content (AvgIpc) is 3.07. The first-order valence-electron chi connectivity index (χ1n) is 6.87. The predicted octanol–water partition coefficient (Wildman–Crippen LogP) is 0.892. The molecule has 110 valence electrons. The van der Waals surface area contributed by atoms with Crippen LogP contribution in [0.25, 0.3) is 5.69 Å². The first-order chi connectivity index (χ1) is 10.1. The summed E-state index contributed by atoms with van der Waals surface area (Å²) < 4.78 is 1.76. The standard InChI is InChI=1S/C15H17N3O3/c19-13-6-14(15(20)21)17(10-13)8-11-7-16-18(9-11)12-4-2-1-3-5-12/h1-5,7,9,13-14,19H,6,8,10H2,(H,20,21). The van der Waals surface area contributed by atoms with Crippen LogP contribution in [0.3, 0.4) is 0 Å². The minimum Gasteiger partial charge on any atom is -0.480 e. The maximum absolute atomic E-state index is 11.2. The van der Waals surface area contributed by atoms with Crippen molar-refractivity contribution >= 4 is 5.97 Å². The van der Waals surface area contributed by atoms with Gasteiger partial charge in [0.1, 0.15) is 6.04 Å². The van der Waals surface area contributed by atoms with Crippen LogP contribution in [0, 0.1) is 0 Å². The fourth-order valence-electron chi connectivity index (χ4n) is 2.71. The molecule has 6 nitrogen and oxygen atoms in total. The molecule has 1 aromatic heterocycles. The van der Waals surface area contributed by atoms with Crippen LogP contribution in [0.15, 0.2) is 42.7 Å². The number of rotatable bonds is 4. The van der Waals surface area contributed by atoms with Crippen LogP contribution in [0.4, 0.5) is 0 Å². The topological polar surface area (TPSA) is 78.6 Å². The summed E-state index contributed by atoms with van der Waals surface area (Å²) in [5, 5.41) is 23.1. The van der Waals surface area contributed by atoms with Gasteiger partial charge in [0.2, 0.25) is 0 Å². The molecule has 6 heteroatoms. The maximum Gasteiger partial charge on any atom is 0.321 e. The Kier molecular flexibility index (Phi) is 3.72. The molecule has 1 saturated heterocycles. The van der Waals surface area contributed by atoms with Gasteiger partial charge in [0.05, 0.1) is 18.0 Å². The molecule has 0 amide bonds. The predicted molar refractivity (Wildman–Crippen MR) is 76.0 cm³/mol. The van der Waals surface area contributed by atoms with E-state index in [1.165, 1.54) is 0 Å². The largest absolute Gasteiger partial charge is 0.480 e. The number of likely N-dealkylation sites (tertiary alicyclic amines) is 1. The van der Waals surface area contributed by atoms with Crippen LogP contribution in [0.1, 0.15) is 12.0 Å². The van der Waals surface area contributed by atoms with Crippen LogP contribution in [0.2, 0.25) is 0 Å². The van der Waals surface area contributed by atoms with E-state index in [-0.39, 0.29) is 6.42 Å². The third-order valence-electron chi connectivity index (χ3n) is 3.71. The van der Waals surface area contributed by atoms with Gasteiger partial charge in [-0.15, -0.1) is 0 Å². The van der Waals surface area contributed by atoms with Gasteiger partial charge in [-0.3, -0.25) is 9.69 Å². The van der Waals surface area contributed by atoms with Gasteiger partial charge < -0.3 is 10.2 Å². The second-order valence-corrected chi connectivity index (χ2v) is 5.30. The Balaban J connectivity index is 1.74. The molecule has 1 aromatic carbocycles. The average molecular weight is 287 g/mol. The van der Waals surface area contributed by atoms with Gasteiger partial charge in [0.15, 0.2) is 0 Å². The maximum atomic E-state index is 11.2. The Morgan fingerprint density at radius 2 is 2.10 bits per heavy atom. The normalized spacial score (nSPS) is 22.5. The number of aliphatic hydroxyl groups is 1. The van der Waals surface area contributed by atoms with E-state index in [0.29, 0.717) is 13.1 Å². The van der Waals surface area contributed by atoms with Crippen LogP contribution in [-0.2, 0) is 11.3 Å². The van der Waals surface area contributed by atoms with Crippen LogP contribution < -0.4 is 0 Å². The zero-order valence-corrected chi connectivity index (χ0v) is 11.5. The third kappa shape index (κ3) is 2.96. The smallest absolute Gasteiger partial charge is 0.321 e. The van der Waals surface area contributed by atoms with Crippen molar-refractivity contribution in [2.75, 3.05) is 6.54 Å². The van der Waals surface area contributed by atoms with Crippen molar-refractivity contribution in [3.63, 3.8) is 0 Å². The quantitative estimate of drug-likeness (QED) is 0.873. The molecular formula is C15H17N3O3. The number of aromatic nitrogens is 2. The van der Waals surface area contributed by atoms with Crippen molar-refractivity contribution < 1.29 is 15.0 Å². The molecule has 2 N–H and O–H groups in total. The molecule has 1 aliphatic rings. The Morgan fingerprint density at radius 1 is 1.33 bits per heavy atom. The Hall–Kier alpha value is -2.18. The van der Waals surface area contributed by atoms with E-state index in [1.54, 1.807) is 15.8 Å². The minimum atomic E-state index is -0.887. The molecule has 3 rings (SSSR count). The number of carboxylic acids is 1. The Labute approximate surface area is 122 Å². The number of benzene rings is 1.